The average Bonchev–Trinajstić information content (AvgIpc) is 2.84. The standard InChI is InChI=1S/C11H14ClNO.C10H14N2O.4C2H6/c1-8(14)11(13(2)3)9-5-4-6-10(12)7-9;1-8(13)10(12(2)3)9-5-4-6-11-7-9;4*1-2/h4-7,11H,1-3H3;4-7,10H,1-3H3;4*1-2H3. The lowest BCUT2D eigenvalue weighted by Gasteiger charge is -2.21. The zero-order valence-electron chi connectivity index (χ0n) is 24.8. The van der Waals surface area contributed by atoms with Crippen molar-refractivity contribution < 1.29 is 9.59 Å². The second-order valence-corrected chi connectivity index (χ2v) is 7.23. The predicted molar refractivity (Wildman–Crippen MR) is 155 cm³/mol. The molecule has 0 N–H and O–H groups in total. The molecule has 5 nitrogen and oxygen atoms in total. The number of pyridine rings is 1. The van der Waals surface area contributed by atoms with Crippen molar-refractivity contribution in [2.75, 3.05) is 28.2 Å². The van der Waals surface area contributed by atoms with Crippen molar-refractivity contribution >= 4 is 23.2 Å². The molecule has 1 aromatic carbocycles. The van der Waals surface area contributed by atoms with Crippen molar-refractivity contribution in [1.29, 1.82) is 0 Å². The number of hydrogen-bond donors (Lipinski definition) is 0. The van der Waals surface area contributed by atoms with Crippen LogP contribution in [0.3, 0.4) is 0 Å². The van der Waals surface area contributed by atoms with E-state index in [9.17, 15) is 9.59 Å². The van der Waals surface area contributed by atoms with Crippen LogP contribution in [0.4, 0.5) is 0 Å². The maximum Gasteiger partial charge on any atom is 0.151 e. The minimum absolute atomic E-state index is 0.122. The van der Waals surface area contributed by atoms with Gasteiger partial charge in [-0.1, -0.05) is 85.2 Å². The number of benzene rings is 1. The first-order valence-corrected chi connectivity index (χ1v) is 13.0. The van der Waals surface area contributed by atoms with E-state index in [2.05, 4.69) is 4.98 Å². The van der Waals surface area contributed by atoms with Gasteiger partial charge in [0.15, 0.2) is 11.6 Å². The molecule has 1 aromatic heterocycles. The maximum absolute atomic E-state index is 11.4. The Morgan fingerprint density at radius 3 is 1.43 bits per heavy atom. The summed E-state index contributed by atoms with van der Waals surface area (Å²) in [5, 5.41) is 0.663. The minimum Gasteiger partial charge on any atom is -0.298 e. The molecule has 2 rings (SSSR count). The molecule has 0 fully saturated rings. The summed E-state index contributed by atoms with van der Waals surface area (Å²) < 4.78 is 0. The fraction of sp³-hybridized carbons (Fsp3) is 0.552. The van der Waals surface area contributed by atoms with Crippen LogP contribution in [0.15, 0.2) is 48.8 Å². The Balaban J connectivity index is -0.000000214. The second-order valence-electron chi connectivity index (χ2n) is 6.79. The van der Waals surface area contributed by atoms with Crippen LogP contribution < -0.4 is 0 Å². The fourth-order valence-corrected chi connectivity index (χ4v) is 3.21. The number of nitrogens with zero attached hydrogens (tertiary/aromatic N) is 3. The fourth-order valence-electron chi connectivity index (χ4n) is 3.01. The van der Waals surface area contributed by atoms with Gasteiger partial charge in [0, 0.05) is 17.4 Å². The van der Waals surface area contributed by atoms with Gasteiger partial charge in [0.25, 0.3) is 0 Å². The summed E-state index contributed by atoms with van der Waals surface area (Å²) in [7, 11) is 7.54. The number of aromatic nitrogens is 1. The molecule has 1 heterocycles. The summed E-state index contributed by atoms with van der Waals surface area (Å²) in [4.78, 5) is 30.5. The highest BCUT2D eigenvalue weighted by Crippen LogP contribution is 2.22. The van der Waals surface area contributed by atoms with Crippen LogP contribution in [0.5, 0.6) is 0 Å². The van der Waals surface area contributed by atoms with E-state index < -0.39 is 0 Å². The van der Waals surface area contributed by atoms with Crippen LogP contribution in [0.1, 0.15) is 92.4 Å². The lowest BCUT2D eigenvalue weighted by atomic mass is 10.0. The summed E-state index contributed by atoms with van der Waals surface area (Å²) in [5.74, 6) is 0.260. The van der Waals surface area contributed by atoms with Crippen molar-refractivity contribution in [3.8, 4) is 0 Å². The van der Waals surface area contributed by atoms with Gasteiger partial charge < -0.3 is 0 Å². The Bertz CT molecular complexity index is 751. The molecule has 0 amide bonds. The van der Waals surface area contributed by atoms with Crippen LogP contribution in [0.25, 0.3) is 0 Å². The number of halogens is 1. The van der Waals surface area contributed by atoms with Crippen LogP contribution in [-0.2, 0) is 9.59 Å². The van der Waals surface area contributed by atoms with Crippen LogP contribution in [-0.4, -0.2) is 54.5 Å². The first-order valence-electron chi connectivity index (χ1n) is 12.6. The number of rotatable bonds is 6. The van der Waals surface area contributed by atoms with E-state index in [-0.39, 0.29) is 23.7 Å². The summed E-state index contributed by atoms with van der Waals surface area (Å²) in [6.45, 7) is 19.2. The van der Waals surface area contributed by atoms with Crippen molar-refractivity contribution in [1.82, 2.24) is 14.8 Å². The molecule has 0 saturated heterocycles. The highest BCUT2D eigenvalue weighted by Gasteiger charge is 2.19. The molecule has 202 valence electrons. The monoisotopic (exact) mass is 509 g/mol. The van der Waals surface area contributed by atoms with Gasteiger partial charge in [-0.25, -0.2) is 0 Å². The largest absolute Gasteiger partial charge is 0.298 e. The lowest BCUT2D eigenvalue weighted by molar-refractivity contribution is -0.122. The quantitative estimate of drug-likeness (QED) is 0.396. The first kappa shape index (κ1) is 40.1. The number of ketones is 2. The molecular formula is C29H52ClN3O2. The minimum atomic E-state index is -0.200. The van der Waals surface area contributed by atoms with Gasteiger partial charge >= 0.3 is 0 Å². The summed E-state index contributed by atoms with van der Waals surface area (Å²) >= 11 is 5.87. The van der Waals surface area contributed by atoms with E-state index in [0.29, 0.717) is 5.02 Å². The maximum atomic E-state index is 11.4. The molecule has 0 aliphatic rings. The van der Waals surface area contributed by atoms with E-state index in [1.165, 1.54) is 0 Å². The number of hydrogen-bond acceptors (Lipinski definition) is 5. The van der Waals surface area contributed by atoms with Gasteiger partial charge in [0.2, 0.25) is 0 Å². The molecule has 0 bridgehead atoms. The number of likely N-dealkylation sites (N-methyl/N-ethyl adjacent to an activating group) is 2. The molecule has 0 aliphatic heterocycles. The van der Waals surface area contributed by atoms with E-state index in [4.69, 9.17) is 11.6 Å². The normalized spacial score (nSPS) is 10.7. The molecule has 2 unspecified atom stereocenters. The summed E-state index contributed by atoms with van der Waals surface area (Å²) in [5.41, 5.74) is 1.88. The molecule has 2 aromatic rings. The van der Waals surface area contributed by atoms with Crippen LogP contribution >= 0.6 is 11.6 Å². The Morgan fingerprint density at radius 2 is 1.11 bits per heavy atom. The van der Waals surface area contributed by atoms with Gasteiger partial charge in [-0.15, -0.1) is 0 Å². The number of carbonyl (C=O) groups excluding carboxylic acids is 2. The van der Waals surface area contributed by atoms with E-state index in [0.717, 1.165) is 11.1 Å². The second kappa shape index (κ2) is 26.5. The molecule has 35 heavy (non-hydrogen) atoms. The Labute approximate surface area is 221 Å². The summed E-state index contributed by atoms with van der Waals surface area (Å²) in [6.07, 6.45) is 3.43. The van der Waals surface area contributed by atoms with E-state index in [1.54, 1.807) is 32.3 Å². The van der Waals surface area contributed by atoms with Crippen molar-refractivity contribution in [3.63, 3.8) is 0 Å². The Kier molecular flexibility index (Phi) is 30.4. The van der Waals surface area contributed by atoms with Gasteiger partial charge in [0.05, 0.1) is 12.1 Å². The smallest absolute Gasteiger partial charge is 0.151 e. The van der Waals surface area contributed by atoms with Crippen molar-refractivity contribution in [2.24, 2.45) is 0 Å². The lowest BCUT2D eigenvalue weighted by Crippen LogP contribution is -2.25. The van der Waals surface area contributed by atoms with E-state index in [1.807, 2.05) is 124 Å². The number of Topliss-reactive ketones (excluding diaryl/α,β-unsaturated/α-hetero) is 2. The van der Waals surface area contributed by atoms with Gasteiger partial charge in [-0.3, -0.25) is 24.4 Å². The highest BCUT2D eigenvalue weighted by atomic mass is 35.5. The van der Waals surface area contributed by atoms with Crippen molar-refractivity contribution in [3.05, 3.63) is 64.9 Å². The molecule has 0 aliphatic carbocycles. The zero-order valence-corrected chi connectivity index (χ0v) is 25.6. The first-order chi connectivity index (χ1) is 16.6. The van der Waals surface area contributed by atoms with Gasteiger partial charge in [-0.2, -0.15) is 0 Å². The third-order valence-corrected chi connectivity index (χ3v) is 4.20. The van der Waals surface area contributed by atoms with Gasteiger partial charge in [-0.05, 0) is 71.4 Å². The zero-order chi connectivity index (χ0) is 28.6. The molecule has 6 heteroatoms. The van der Waals surface area contributed by atoms with Gasteiger partial charge in [0.1, 0.15) is 0 Å². The average molecular weight is 510 g/mol. The highest BCUT2D eigenvalue weighted by molar-refractivity contribution is 6.30. The van der Waals surface area contributed by atoms with Crippen LogP contribution in [0, 0.1) is 0 Å². The van der Waals surface area contributed by atoms with Crippen LogP contribution in [0.2, 0.25) is 5.02 Å². The Hall–Kier alpha value is -2.08. The topological polar surface area (TPSA) is 53.5 Å². The third kappa shape index (κ3) is 17.9. The molecule has 0 saturated carbocycles. The van der Waals surface area contributed by atoms with E-state index >= 15 is 0 Å². The molecule has 0 radical (unpaired) electrons. The van der Waals surface area contributed by atoms with Crippen molar-refractivity contribution in [2.45, 2.75) is 81.3 Å². The SMILES string of the molecule is CC.CC.CC.CC.CC(=O)C(c1cccc(Cl)c1)N(C)C.CC(=O)C(c1cccnc1)N(C)C. The third-order valence-electron chi connectivity index (χ3n) is 3.97. The Morgan fingerprint density at radius 1 is 0.714 bits per heavy atom. The molecule has 2 atom stereocenters. The molecular weight excluding hydrogens is 458 g/mol. The molecule has 0 spiro atoms. The predicted octanol–water partition coefficient (Wildman–Crippen LogP) is 7.91. The number of carbonyl (C=O) groups is 2. The summed E-state index contributed by atoms with van der Waals surface area (Å²) in [6, 6.07) is 10.8.